The number of carbonyl (C=O) groups excluding carboxylic acids is 1. The Morgan fingerprint density at radius 1 is 1.54 bits per heavy atom. The molecule has 13 heavy (non-hydrogen) atoms. The Bertz CT molecular complexity index is 176. The molecular formula is C9H15O4. The molecule has 0 heterocycles. The number of ether oxygens (including phenoxy) is 2. The van der Waals surface area contributed by atoms with Crippen LogP contribution in [0.4, 0.5) is 0 Å². The molecule has 1 radical (unpaired) electrons. The SMILES string of the molecule is [CH2]COCC(O)COC(=O)C(=C)C. The minimum Gasteiger partial charge on any atom is -0.460 e. The normalized spacial score (nSPS) is 12.2. The molecule has 0 spiro atoms. The third kappa shape index (κ3) is 6.31. The minimum absolute atomic E-state index is 0.0777. The van der Waals surface area contributed by atoms with Crippen molar-refractivity contribution >= 4 is 5.97 Å². The lowest BCUT2D eigenvalue weighted by molar-refractivity contribution is -0.142. The van der Waals surface area contributed by atoms with Gasteiger partial charge in [-0.25, -0.2) is 4.79 Å². The summed E-state index contributed by atoms with van der Waals surface area (Å²) in [6, 6.07) is 0. The summed E-state index contributed by atoms with van der Waals surface area (Å²) in [5.74, 6) is -0.506. The van der Waals surface area contributed by atoms with Gasteiger partial charge in [-0.2, -0.15) is 0 Å². The van der Waals surface area contributed by atoms with Gasteiger partial charge < -0.3 is 14.6 Å². The maximum absolute atomic E-state index is 10.8. The molecule has 4 nitrogen and oxygen atoms in total. The van der Waals surface area contributed by atoms with Crippen molar-refractivity contribution in [2.45, 2.75) is 13.0 Å². The number of hydrogen-bond acceptors (Lipinski definition) is 4. The first kappa shape index (κ1) is 12.1. The van der Waals surface area contributed by atoms with Crippen LogP contribution in [0.5, 0.6) is 0 Å². The molecule has 0 saturated heterocycles. The molecule has 0 saturated carbocycles. The van der Waals surface area contributed by atoms with Crippen molar-refractivity contribution in [3.8, 4) is 0 Å². The summed E-state index contributed by atoms with van der Waals surface area (Å²) in [5, 5.41) is 9.15. The maximum atomic E-state index is 10.8. The lowest BCUT2D eigenvalue weighted by Crippen LogP contribution is -2.23. The second-order valence-corrected chi connectivity index (χ2v) is 2.61. The number of aliphatic hydroxyl groups excluding tert-OH is 1. The lowest BCUT2D eigenvalue weighted by Gasteiger charge is -2.10. The predicted octanol–water partition coefficient (Wildman–Crippen LogP) is 0.317. The quantitative estimate of drug-likeness (QED) is 0.480. The third-order valence-electron chi connectivity index (χ3n) is 1.21. The van der Waals surface area contributed by atoms with E-state index in [1.165, 1.54) is 0 Å². The molecule has 0 fully saturated rings. The summed E-state index contributed by atoms with van der Waals surface area (Å²) in [7, 11) is 0. The highest BCUT2D eigenvalue weighted by Gasteiger charge is 2.08. The summed E-state index contributed by atoms with van der Waals surface area (Å²) in [6.45, 7) is 8.69. The molecule has 0 rings (SSSR count). The second kappa shape index (κ2) is 6.62. The monoisotopic (exact) mass is 187 g/mol. The van der Waals surface area contributed by atoms with Crippen LogP contribution >= 0.6 is 0 Å². The van der Waals surface area contributed by atoms with Crippen LogP contribution < -0.4 is 0 Å². The van der Waals surface area contributed by atoms with Gasteiger partial charge in [0.25, 0.3) is 0 Å². The fraction of sp³-hybridized carbons (Fsp3) is 0.556. The van der Waals surface area contributed by atoms with Crippen molar-refractivity contribution in [3.63, 3.8) is 0 Å². The van der Waals surface area contributed by atoms with Gasteiger partial charge in [0.15, 0.2) is 0 Å². The lowest BCUT2D eigenvalue weighted by atomic mass is 10.3. The van der Waals surface area contributed by atoms with Crippen LogP contribution in [0.1, 0.15) is 6.92 Å². The van der Waals surface area contributed by atoms with Crippen LogP contribution in [0.3, 0.4) is 0 Å². The molecule has 4 heteroatoms. The largest absolute Gasteiger partial charge is 0.460 e. The molecule has 1 unspecified atom stereocenters. The van der Waals surface area contributed by atoms with Gasteiger partial charge in [-0.15, -0.1) is 0 Å². The van der Waals surface area contributed by atoms with Crippen LogP contribution in [0.15, 0.2) is 12.2 Å². The summed E-state index contributed by atoms with van der Waals surface area (Å²) in [6.07, 6.45) is -0.801. The van der Waals surface area contributed by atoms with E-state index in [1.54, 1.807) is 6.92 Å². The molecule has 0 aromatic heterocycles. The van der Waals surface area contributed by atoms with Crippen molar-refractivity contribution in [2.24, 2.45) is 0 Å². The van der Waals surface area contributed by atoms with Gasteiger partial charge in [0.1, 0.15) is 12.7 Å². The average Bonchev–Trinajstić information content (AvgIpc) is 2.10. The molecule has 1 atom stereocenters. The Morgan fingerprint density at radius 3 is 2.62 bits per heavy atom. The highest BCUT2D eigenvalue weighted by atomic mass is 16.5. The maximum Gasteiger partial charge on any atom is 0.333 e. The van der Waals surface area contributed by atoms with E-state index < -0.39 is 12.1 Å². The Morgan fingerprint density at radius 2 is 2.15 bits per heavy atom. The highest BCUT2D eigenvalue weighted by molar-refractivity contribution is 5.86. The van der Waals surface area contributed by atoms with Gasteiger partial charge >= 0.3 is 5.97 Å². The molecule has 1 N–H and O–H groups in total. The minimum atomic E-state index is -0.801. The molecule has 0 amide bonds. The van der Waals surface area contributed by atoms with Crippen molar-refractivity contribution in [1.29, 1.82) is 0 Å². The van der Waals surface area contributed by atoms with Crippen LogP contribution in [-0.4, -0.2) is 37.0 Å². The number of aliphatic hydroxyl groups is 1. The predicted molar refractivity (Wildman–Crippen MR) is 48.0 cm³/mol. The van der Waals surface area contributed by atoms with E-state index in [0.29, 0.717) is 5.57 Å². The van der Waals surface area contributed by atoms with Crippen molar-refractivity contribution in [1.82, 2.24) is 0 Å². The molecule has 0 bridgehead atoms. The van der Waals surface area contributed by atoms with Gasteiger partial charge in [0.05, 0.1) is 6.61 Å². The van der Waals surface area contributed by atoms with Gasteiger partial charge in [-0.3, -0.25) is 0 Å². The first-order chi connectivity index (χ1) is 6.07. The van der Waals surface area contributed by atoms with E-state index in [4.69, 9.17) is 9.84 Å². The molecular weight excluding hydrogens is 172 g/mol. The van der Waals surface area contributed by atoms with Crippen molar-refractivity contribution in [3.05, 3.63) is 19.1 Å². The van der Waals surface area contributed by atoms with Gasteiger partial charge in [0.2, 0.25) is 0 Å². The first-order valence-electron chi connectivity index (χ1n) is 3.95. The van der Waals surface area contributed by atoms with Crippen LogP contribution in [0, 0.1) is 6.92 Å². The average molecular weight is 187 g/mol. The van der Waals surface area contributed by atoms with E-state index in [2.05, 4.69) is 18.2 Å². The van der Waals surface area contributed by atoms with E-state index in [1.807, 2.05) is 0 Å². The molecule has 0 aliphatic rings. The molecule has 0 aromatic rings. The Balaban J connectivity index is 3.51. The standard InChI is InChI=1S/C9H15O4/c1-4-12-5-8(10)6-13-9(11)7(2)3/h8,10H,1-2,4-6H2,3H3. The fourth-order valence-corrected chi connectivity index (χ4v) is 0.563. The number of rotatable bonds is 6. The topological polar surface area (TPSA) is 55.8 Å². The third-order valence-corrected chi connectivity index (χ3v) is 1.21. The summed E-state index contributed by atoms with van der Waals surface area (Å²) < 4.78 is 9.49. The van der Waals surface area contributed by atoms with E-state index in [-0.39, 0.29) is 19.8 Å². The van der Waals surface area contributed by atoms with E-state index >= 15 is 0 Å². The Kier molecular flexibility index (Phi) is 6.18. The van der Waals surface area contributed by atoms with E-state index in [0.717, 1.165) is 0 Å². The fourth-order valence-electron chi connectivity index (χ4n) is 0.563. The van der Waals surface area contributed by atoms with Crippen LogP contribution in [-0.2, 0) is 14.3 Å². The van der Waals surface area contributed by atoms with Crippen LogP contribution in [0.2, 0.25) is 0 Å². The second-order valence-electron chi connectivity index (χ2n) is 2.61. The van der Waals surface area contributed by atoms with Crippen molar-refractivity contribution < 1.29 is 19.4 Å². The molecule has 75 valence electrons. The summed E-state index contributed by atoms with van der Waals surface area (Å²) in [4.78, 5) is 10.8. The van der Waals surface area contributed by atoms with Gasteiger partial charge in [0, 0.05) is 12.2 Å². The van der Waals surface area contributed by atoms with Gasteiger partial charge in [-0.05, 0) is 13.8 Å². The zero-order valence-electron chi connectivity index (χ0n) is 7.78. The van der Waals surface area contributed by atoms with E-state index in [9.17, 15) is 4.79 Å². The van der Waals surface area contributed by atoms with Crippen molar-refractivity contribution in [2.75, 3.05) is 19.8 Å². The molecule has 0 aliphatic heterocycles. The first-order valence-corrected chi connectivity index (χ1v) is 3.95. The van der Waals surface area contributed by atoms with Crippen LogP contribution in [0.25, 0.3) is 0 Å². The van der Waals surface area contributed by atoms with Gasteiger partial charge in [-0.1, -0.05) is 6.58 Å². The zero-order valence-corrected chi connectivity index (χ0v) is 7.78. The Hall–Kier alpha value is -0.870. The number of hydrogen-bond donors (Lipinski definition) is 1. The smallest absolute Gasteiger partial charge is 0.333 e. The number of esters is 1. The molecule has 0 aliphatic carbocycles. The zero-order chi connectivity index (χ0) is 10.3. The molecule has 0 aromatic carbocycles. The highest BCUT2D eigenvalue weighted by Crippen LogP contribution is 1.94. The summed E-state index contributed by atoms with van der Waals surface area (Å²) >= 11 is 0. The summed E-state index contributed by atoms with van der Waals surface area (Å²) in [5.41, 5.74) is 0.310. The Labute approximate surface area is 78.2 Å². The number of carbonyl (C=O) groups is 1.